The molecule has 10 nitrogen and oxygen atoms in total. The highest BCUT2D eigenvalue weighted by atomic mass is 32.2. The summed E-state index contributed by atoms with van der Waals surface area (Å²) in [7, 11) is -4.15. The minimum atomic E-state index is -4.15. The Hall–Kier alpha value is -5.26. The number of hydrogen-bond acceptors (Lipinski definition) is 6. The van der Waals surface area contributed by atoms with Crippen LogP contribution in [0.4, 0.5) is 11.4 Å². The molecule has 0 unspecified atom stereocenters. The lowest BCUT2D eigenvalue weighted by atomic mass is 9.78. The van der Waals surface area contributed by atoms with E-state index in [0.29, 0.717) is 31.5 Å². The van der Waals surface area contributed by atoms with Crippen molar-refractivity contribution in [3.05, 3.63) is 114 Å². The Morgan fingerprint density at radius 1 is 0.942 bits per heavy atom. The summed E-state index contributed by atoms with van der Waals surface area (Å²) < 4.78 is 34.8. The van der Waals surface area contributed by atoms with Crippen LogP contribution in [0.2, 0.25) is 0 Å². The Kier molecular flexibility index (Phi) is 11.7. The van der Waals surface area contributed by atoms with Crippen LogP contribution in [0.15, 0.2) is 97.2 Å². The molecule has 0 saturated heterocycles. The third kappa shape index (κ3) is 8.43. The van der Waals surface area contributed by atoms with E-state index in [4.69, 9.17) is 0 Å². The normalized spacial score (nSPS) is 14.0. The first-order chi connectivity index (χ1) is 24.7. The molecule has 2 N–H and O–H groups in total. The number of nitrogens with one attached hydrogen (secondary N) is 1. The lowest BCUT2D eigenvalue weighted by Crippen LogP contribution is -2.28. The second-order valence-electron chi connectivity index (χ2n) is 13.3. The van der Waals surface area contributed by atoms with Gasteiger partial charge in [-0.15, -0.1) is 0 Å². The lowest BCUT2D eigenvalue weighted by molar-refractivity contribution is -0.437. The number of amides is 2. The van der Waals surface area contributed by atoms with Crippen molar-refractivity contribution in [1.82, 2.24) is 10.3 Å². The molecule has 52 heavy (non-hydrogen) atoms. The summed E-state index contributed by atoms with van der Waals surface area (Å²) in [4.78, 5) is 44.1. The van der Waals surface area contributed by atoms with Gasteiger partial charge in [-0.2, -0.15) is 13.0 Å². The maximum atomic E-state index is 12.9. The van der Waals surface area contributed by atoms with E-state index >= 15 is 0 Å². The van der Waals surface area contributed by atoms with Crippen molar-refractivity contribution in [1.29, 1.82) is 0 Å². The van der Waals surface area contributed by atoms with Crippen LogP contribution in [-0.4, -0.2) is 64.7 Å². The molecule has 2 heterocycles. The lowest BCUT2D eigenvalue weighted by Gasteiger charge is -2.18. The number of aromatic nitrogens is 1. The Labute approximate surface area is 305 Å². The SMILES string of the molecule is CCCC(=O)c1cc(-c2ccc3c4c(ccc3c2)[N+](CCCS(=O)(=O)O)=C(/C=C/C=C/N(C(C)=O)c2ccccc2)C4(C)C)cc(C(=O)NCC)n1. The van der Waals surface area contributed by atoms with Crippen LogP contribution >= 0.6 is 0 Å². The molecule has 4 aromatic rings. The van der Waals surface area contributed by atoms with E-state index < -0.39 is 15.5 Å². The highest BCUT2D eigenvalue weighted by Crippen LogP contribution is 2.45. The topological polar surface area (TPSA) is 137 Å². The smallest absolute Gasteiger partial charge is 0.269 e. The Bertz CT molecular complexity index is 2190. The zero-order chi connectivity index (χ0) is 37.6. The monoisotopic (exact) mass is 721 g/mol. The summed E-state index contributed by atoms with van der Waals surface area (Å²) in [6.45, 7) is 10.3. The zero-order valence-electron chi connectivity index (χ0n) is 30.2. The Morgan fingerprint density at radius 3 is 2.35 bits per heavy atom. The highest BCUT2D eigenvalue weighted by molar-refractivity contribution is 7.85. The first-order valence-electron chi connectivity index (χ1n) is 17.5. The second-order valence-corrected chi connectivity index (χ2v) is 14.9. The third-order valence-corrected chi connectivity index (χ3v) is 9.90. The number of carbonyl (C=O) groups is 3. The third-order valence-electron chi connectivity index (χ3n) is 9.09. The van der Waals surface area contributed by atoms with Crippen molar-refractivity contribution in [3.63, 3.8) is 0 Å². The van der Waals surface area contributed by atoms with Crippen LogP contribution in [0.3, 0.4) is 0 Å². The molecule has 2 amide bonds. The molecule has 0 atom stereocenters. The molecule has 5 rings (SSSR count). The summed E-state index contributed by atoms with van der Waals surface area (Å²) >= 11 is 0. The van der Waals surface area contributed by atoms with Crippen molar-refractivity contribution in [2.24, 2.45) is 0 Å². The molecule has 0 radical (unpaired) electrons. The average molecular weight is 722 g/mol. The number of carbonyl (C=O) groups excluding carboxylic acids is 3. The van der Waals surface area contributed by atoms with E-state index in [1.165, 1.54) is 6.92 Å². The molecule has 1 aromatic heterocycles. The number of rotatable bonds is 14. The van der Waals surface area contributed by atoms with Crippen LogP contribution in [-0.2, 0) is 20.3 Å². The predicted octanol–water partition coefficient (Wildman–Crippen LogP) is 7.41. The first kappa shape index (κ1) is 38.0. The molecule has 0 fully saturated rings. The van der Waals surface area contributed by atoms with Gasteiger partial charge < -0.3 is 5.32 Å². The number of anilines is 1. The summed E-state index contributed by atoms with van der Waals surface area (Å²) in [5.74, 6) is -0.968. The van der Waals surface area contributed by atoms with Crippen LogP contribution < -0.4 is 10.2 Å². The largest absolute Gasteiger partial charge is 0.351 e. The van der Waals surface area contributed by atoms with E-state index in [1.54, 1.807) is 29.3 Å². The predicted molar refractivity (Wildman–Crippen MR) is 206 cm³/mol. The Morgan fingerprint density at radius 2 is 1.67 bits per heavy atom. The fourth-order valence-electron chi connectivity index (χ4n) is 6.73. The molecule has 0 bridgehead atoms. The van der Waals surface area contributed by atoms with E-state index in [1.807, 2.05) is 86.7 Å². The van der Waals surface area contributed by atoms with E-state index in [0.717, 1.165) is 39.0 Å². The minimum Gasteiger partial charge on any atom is -0.351 e. The zero-order valence-corrected chi connectivity index (χ0v) is 31.0. The number of para-hydroxylation sites is 1. The number of allylic oxidation sites excluding steroid dienone is 3. The van der Waals surface area contributed by atoms with Crippen LogP contribution in [0.1, 0.15) is 80.4 Å². The van der Waals surface area contributed by atoms with Crippen molar-refractivity contribution >= 4 is 55.6 Å². The first-order valence-corrected chi connectivity index (χ1v) is 19.1. The average Bonchev–Trinajstić information content (AvgIpc) is 3.32. The van der Waals surface area contributed by atoms with Crippen LogP contribution in [0.25, 0.3) is 21.9 Å². The van der Waals surface area contributed by atoms with Crippen molar-refractivity contribution in [2.75, 3.05) is 23.7 Å². The van der Waals surface area contributed by atoms with Gasteiger partial charge in [0.25, 0.3) is 16.0 Å². The number of ketones is 1. The fraction of sp³-hybridized carbons (Fsp3) is 0.293. The number of benzene rings is 3. The summed E-state index contributed by atoms with van der Waals surface area (Å²) in [6, 6.07) is 22.9. The van der Waals surface area contributed by atoms with Crippen LogP contribution in [0.5, 0.6) is 0 Å². The van der Waals surface area contributed by atoms with Gasteiger partial charge >= 0.3 is 0 Å². The molecule has 0 aliphatic carbocycles. The van der Waals surface area contributed by atoms with Gasteiger partial charge in [0, 0.05) is 55.9 Å². The summed E-state index contributed by atoms with van der Waals surface area (Å²) in [5, 5.41) is 4.72. The summed E-state index contributed by atoms with van der Waals surface area (Å²) in [6.07, 6.45) is 8.55. The second kappa shape index (κ2) is 16.0. The van der Waals surface area contributed by atoms with Gasteiger partial charge in [0.2, 0.25) is 11.6 Å². The van der Waals surface area contributed by atoms with E-state index in [9.17, 15) is 27.4 Å². The number of fused-ring (bicyclic) bond motifs is 3. The molecule has 1 aliphatic rings. The van der Waals surface area contributed by atoms with Gasteiger partial charge in [-0.05, 0) is 91.6 Å². The summed E-state index contributed by atoms with van der Waals surface area (Å²) in [5.41, 5.74) is 5.10. The van der Waals surface area contributed by atoms with Crippen molar-refractivity contribution in [2.45, 2.75) is 59.3 Å². The molecule has 1 aliphatic heterocycles. The number of pyridine rings is 1. The molecule has 0 saturated carbocycles. The van der Waals surface area contributed by atoms with Crippen molar-refractivity contribution < 1.29 is 31.9 Å². The van der Waals surface area contributed by atoms with Gasteiger partial charge in [-0.25, -0.2) is 4.98 Å². The standard InChI is InChI=1S/C41H44N4O6S/c1-6-14-37(47)34-26-31(27-35(43-34)40(48)42-7-2)29-18-20-33-30(25-29)19-21-36-39(33)41(4,5)38(45(36)23-13-24-52(49,50)51)17-11-12-22-44(28(3)46)32-15-9-8-10-16-32/h8-12,15-22,25-27H,6-7,13-14,23-24H2,1-5H3,(H-,42,48,49,50,51)/p+1. The van der Waals surface area contributed by atoms with Gasteiger partial charge in [0.15, 0.2) is 11.5 Å². The number of hydrogen-bond donors (Lipinski definition) is 2. The highest BCUT2D eigenvalue weighted by Gasteiger charge is 2.45. The van der Waals surface area contributed by atoms with Gasteiger partial charge in [-0.3, -0.25) is 23.8 Å². The molecule has 11 heteroatoms. The molecular formula is C41H45N4O6S+. The number of Topliss-reactive ketones (excluding diaryl/α,β-unsaturated/α-hetero) is 1. The van der Waals surface area contributed by atoms with Gasteiger partial charge in [0.05, 0.1) is 11.2 Å². The van der Waals surface area contributed by atoms with Gasteiger partial charge in [-0.1, -0.05) is 43.3 Å². The van der Waals surface area contributed by atoms with Gasteiger partial charge in [0.1, 0.15) is 17.9 Å². The number of nitrogens with zero attached hydrogens (tertiary/aromatic N) is 3. The molecular weight excluding hydrogens is 677 g/mol. The van der Waals surface area contributed by atoms with Crippen LogP contribution in [0, 0.1) is 0 Å². The maximum absolute atomic E-state index is 12.9. The quantitative estimate of drug-likeness (QED) is 0.0599. The Balaban J connectivity index is 1.56. The molecule has 0 spiro atoms. The van der Waals surface area contributed by atoms with E-state index in [-0.39, 0.29) is 41.2 Å². The van der Waals surface area contributed by atoms with E-state index in [2.05, 4.69) is 28.7 Å². The molecule has 3 aromatic carbocycles. The minimum absolute atomic E-state index is 0.121. The fourth-order valence-corrected chi connectivity index (χ4v) is 7.22. The van der Waals surface area contributed by atoms with Crippen molar-refractivity contribution in [3.8, 4) is 11.1 Å². The maximum Gasteiger partial charge on any atom is 0.269 e. The molecule has 270 valence electrons.